The van der Waals surface area contributed by atoms with Crippen LogP contribution < -0.4 is 9.64 Å². The normalized spacial score (nSPS) is 16.6. The number of aliphatic carboxylic acids is 1. The van der Waals surface area contributed by atoms with Gasteiger partial charge in [-0.05, 0) is 60.5 Å². The Balaban J connectivity index is 1.90. The number of amides is 1. The van der Waals surface area contributed by atoms with Crippen LogP contribution in [0.15, 0.2) is 64.7 Å². The Morgan fingerprint density at radius 1 is 1.29 bits per heavy atom. The molecule has 0 radical (unpaired) electrons. The van der Waals surface area contributed by atoms with Crippen molar-refractivity contribution in [2.45, 2.75) is 20.3 Å². The van der Waals surface area contributed by atoms with Crippen LogP contribution >= 0.6 is 23.4 Å². The predicted molar refractivity (Wildman–Crippen MR) is 126 cm³/mol. The standard InChI is InChI=1S/C23H21ClN2O4S/c1-3-11-25-23-26(18-7-5-4-6-15(18)2)22(29)20(31-23)14-16-8-9-19(17(24)13-16)30-12-10-21(27)28/h4-10,12-14H,3,11H2,1-2H3,(H,27,28)/b12-10+,20-14-,25-23+. The van der Waals surface area contributed by atoms with Crippen molar-refractivity contribution in [1.82, 2.24) is 0 Å². The van der Waals surface area contributed by atoms with E-state index >= 15 is 0 Å². The summed E-state index contributed by atoms with van der Waals surface area (Å²) in [5.41, 5.74) is 2.52. The van der Waals surface area contributed by atoms with Crippen molar-refractivity contribution in [2.75, 3.05) is 11.4 Å². The number of aryl methyl sites for hydroxylation is 1. The molecule has 2 aromatic carbocycles. The first-order chi connectivity index (χ1) is 14.9. The van der Waals surface area contributed by atoms with Crippen LogP contribution in [-0.2, 0) is 9.59 Å². The number of aliphatic imine (C=N–C) groups is 1. The Morgan fingerprint density at radius 2 is 2.06 bits per heavy atom. The lowest BCUT2D eigenvalue weighted by molar-refractivity contribution is -0.131. The van der Waals surface area contributed by atoms with Gasteiger partial charge in [-0.2, -0.15) is 0 Å². The molecule has 31 heavy (non-hydrogen) atoms. The summed E-state index contributed by atoms with van der Waals surface area (Å²) in [5.74, 6) is -0.943. The molecule has 1 amide bonds. The molecule has 0 bridgehead atoms. The summed E-state index contributed by atoms with van der Waals surface area (Å²) in [6, 6.07) is 12.7. The summed E-state index contributed by atoms with van der Waals surface area (Å²) < 4.78 is 5.23. The molecule has 0 spiro atoms. The minimum atomic E-state index is -1.12. The van der Waals surface area contributed by atoms with Gasteiger partial charge in [0.05, 0.1) is 28.0 Å². The Labute approximate surface area is 189 Å². The van der Waals surface area contributed by atoms with E-state index in [1.807, 2.05) is 38.1 Å². The van der Waals surface area contributed by atoms with Crippen LogP contribution in [0.4, 0.5) is 5.69 Å². The molecule has 1 aliphatic rings. The average molecular weight is 457 g/mol. The van der Waals surface area contributed by atoms with Crippen LogP contribution in [0.25, 0.3) is 6.08 Å². The minimum absolute atomic E-state index is 0.144. The number of anilines is 1. The first kappa shape index (κ1) is 22.7. The number of carboxylic acids is 1. The summed E-state index contributed by atoms with van der Waals surface area (Å²) in [7, 11) is 0. The predicted octanol–water partition coefficient (Wildman–Crippen LogP) is 5.51. The van der Waals surface area contributed by atoms with Gasteiger partial charge in [-0.1, -0.05) is 42.8 Å². The molecular formula is C23H21ClN2O4S. The molecule has 6 nitrogen and oxygen atoms in total. The van der Waals surface area contributed by atoms with Gasteiger partial charge in [-0.3, -0.25) is 14.7 Å². The van der Waals surface area contributed by atoms with E-state index in [2.05, 4.69) is 4.99 Å². The number of hydrogen-bond acceptors (Lipinski definition) is 5. The number of carbonyl (C=O) groups is 2. The van der Waals surface area contributed by atoms with Crippen molar-refractivity contribution in [1.29, 1.82) is 0 Å². The third-order valence-electron chi connectivity index (χ3n) is 4.29. The summed E-state index contributed by atoms with van der Waals surface area (Å²) >= 11 is 7.58. The molecule has 0 unspecified atom stereocenters. The number of halogens is 1. The summed E-state index contributed by atoms with van der Waals surface area (Å²) in [5, 5.41) is 9.58. The van der Waals surface area contributed by atoms with Gasteiger partial charge < -0.3 is 9.84 Å². The number of thioether (sulfide) groups is 1. The number of rotatable bonds is 7. The molecule has 8 heteroatoms. The molecule has 1 heterocycles. The highest BCUT2D eigenvalue weighted by molar-refractivity contribution is 8.19. The van der Waals surface area contributed by atoms with E-state index < -0.39 is 5.97 Å². The van der Waals surface area contributed by atoms with Crippen LogP contribution in [0.2, 0.25) is 5.02 Å². The largest absolute Gasteiger partial charge is 0.478 e. The fourth-order valence-electron chi connectivity index (χ4n) is 2.83. The molecule has 0 atom stereocenters. The molecule has 2 aromatic rings. The number of amidine groups is 1. The van der Waals surface area contributed by atoms with Crippen molar-refractivity contribution >= 4 is 52.2 Å². The Kier molecular flexibility index (Phi) is 7.55. The molecule has 1 aliphatic heterocycles. The Bertz CT molecular complexity index is 1090. The highest BCUT2D eigenvalue weighted by atomic mass is 35.5. The van der Waals surface area contributed by atoms with Crippen molar-refractivity contribution in [3.05, 3.63) is 75.9 Å². The zero-order valence-electron chi connectivity index (χ0n) is 17.0. The molecule has 1 fully saturated rings. The molecule has 0 saturated carbocycles. The van der Waals surface area contributed by atoms with Gasteiger partial charge in [-0.15, -0.1) is 0 Å². The van der Waals surface area contributed by atoms with E-state index in [0.29, 0.717) is 27.4 Å². The number of nitrogens with zero attached hydrogens (tertiary/aromatic N) is 2. The summed E-state index contributed by atoms with van der Waals surface area (Å²) in [6.07, 6.45) is 4.56. The fraction of sp³-hybridized carbons (Fsp3) is 0.174. The number of para-hydroxylation sites is 1. The monoisotopic (exact) mass is 456 g/mol. The molecule has 1 N–H and O–H groups in total. The Morgan fingerprint density at radius 3 is 2.74 bits per heavy atom. The first-order valence-electron chi connectivity index (χ1n) is 9.60. The molecule has 160 valence electrons. The van der Waals surface area contributed by atoms with Gasteiger partial charge in [0.15, 0.2) is 5.17 Å². The van der Waals surface area contributed by atoms with Crippen molar-refractivity contribution < 1.29 is 19.4 Å². The first-order valence-corrected chi connectivity index (χ1v) is 10.8. The Hall–Kier alpha value is -3.03. The quantitative estimate of drug-likeness (QED) is 0.438. The number of benzene rings is 2. The van der Waals surface area contributed by atoms with Gasteiger partial charge >= 0.3 is 5.97 Å². The van der Waals surface area contributed by atoms with Gasteiger partial charge in [0.1, 0.15) is 5.75 Å². The van der Waals surface area contributed by atoms with E-state index in [1.54, 1.807) is 29.2 Å². The van der Waals surface area contributed by atoms with E-state index in [4.69, 9.17) is 21.4 Å². The lowest BCUT2D eigenvalue weighted by Gasteiger charge is -2.17. The maximum Gasteiger partial charge on any atom is 0.331 e. The summed E-state index contributed by atoms with van der Waals surface area (Å²) in [4.78, 5) is 30.6. The fourth-order valence-corrected chi connectivity index (χ4v) is 4.06. The lowest BCUT2D eigenvalue weighted by atomic mass is 10.1. The van der Waals surface area contributed by atoms with Crippen molar-refractivity contribution in [3.8, 4) is 5.75 Å². The number of carbonyl (C=O) groups excluding carboxylic acids is 1. The SMILES string of the molecule is CCC/N=C1/S/C(=C\c2ccc(O/C=C/C(=O)O)c(Cl)c2)C(=O)N1c1ccccc1C. The van der Waals surface area contributed by atoms with Gasteiger partial charge in [0.2, 0.25) is 0 Å². The second-order valence-electron chi connectivity index (χ2n) is 6.65. The van der Waals surface area contributed by atoms with E-state index in [-0.39, 0.29) is 5.91 Å². The summed E-state index contributed by atoms with van der Waals surface area (Å²) in [6.45, 7) is 4.63. The zero-order chi connectivity index (χ0) is 22.4. The smallest absolute Gasteiger partial charge is 0.331 e. The third-order valence-corrected chi connectivity index (χ3v) is 5.59. The number of ether oxygens (including phenoxy) is 1. The second-order valence-corrected chi connectivity index (χ2v) is 8.07. The molecule has 0 aliphatic carbocycles. The van der Waals surface area contributed by atoms with Crippen molar-refractivity contribution in [3.63, 3.8) is 0 Å². The van der Waals surface area contributed by atoms with Gasteiger partial charge in [0, 0.05) is 6.54 Å². The minimum Gasteiger partial charge on any atom is -0.478 e. The van der Waals surface area contributed by atoms with Crippen LogP contribution in [0.5, 0.6) is 5.75 Å². The number of hydrogen-bond donors (Lipinski definition) is 1. The molecule has 3 rings (SSSR count). The van der Waals surface area contributed by atoms with Crippen molar-refractivity contribution in [2.24, 2.45) is 4.99 Å². The van der Waals surface area contributed by atoms with E-state index in [9.17, 15) is 9.59 Å². The lowest BCUT2D eigenvalue weighted by Crippen LogP contribution is -2.29. The topological polar surface area (TPSA) is 79.2 Å². The van der Waals surface area contributed by atoms with Crippen LogP contribution in [0.1, 0.15) is 24.5 Å². The second kappa shape index (κ2) is 10.3. The molecule has 0 aromatic heterocycles. The average Bonchev–Trinajstić information content (AvgIpc) is 3.03. The van der Waals surface area contributed by atoms with E-state index in [0.717, 1.165) is 35.6 Å². The highest BCUT2D eigenvalue weighted by Gasteiger charge is 2.35. The highest BCUT2D eigenvalue weighted by Crippen LogP contribution is 2.38. The maximum atomic E-state index is 13.2. The molecular weight excluding hydrogens is 436 g/mol. The van der Waals surface area contributed by atoms with Gasteiger partial charge in [0.25, 0.3) is 5.91 Å². The third kappa shape index (κ3) is 5.57. The zero-order valence-corrected chi connectivity index (χ0v) is 18.6. The van der Waals surface area contributed by atoms with E-state index in [1.165, 1.54) is 11.8 Å². The molecule has 1 saturated heterocycles. The van der Waals surface area contributed by atoms with Gasteiger partial charge in [-0.25, -0.2) is 4.79 Å². The van der Waals surface area contributed by atoms with Crippen LogP contribution in [0, 0.1) is 6.92 Å². The maximum absolute atomic E-state index is 13.2. The van der Waals surface area contributed by atoms with Crippen LogP contribution in [-0.4, -0.2) is 28.7 Å². The van der Waals surface area contributed by atoms with Crippen LogP contribution in [0.3, 0.4) is 0 Å². The number of carboxylic acid groups (broad SMARTS) is 1.